The fourth-order valence-electron chi connectivity index (χ4n) is 1.56. The monoisotopic (exact) mass is 221 g/mol. The van der Waals surface area contributed by atoms with E-state index in [1.807, 2.05) is 26.0 Å². The van der Waals surface area contributed by atoms with E-state index in [0.29, 0.717) is 11.3 Å². The molecule has 0 radical (unpaired) electrons. The minimum Gasteiger partial charge on any atom is -0.459 e. The van der Waals surface area contributed by atoms with Crippen LogP contribution in [0.5, 0.6) is 0 Å². The average Bonchev–Trinajstić information content (AvgIpc) is 2.20. The van der Waals surface area contributed by atoms with E-state index >= 15 is 0 Å². The number of nitrogens with two attached hydrogens (primary N) is 1. The van der Waals surface area contributed by atoms with Crippen LogP contribution >= 0.6 is 0 Å². The molecule has 0 heterocycles. The van der Waals surface area contributed by atoms with Crippen molar-refractivity contribution in [2.24, 2.45) is 0 Å². The molecule has 1 aromatic rings. The number of hydrogen-bond donors (Lipinski definition) is 1. The number of benzene rings is 1. The first kappa shape index (κ1) is 12.6. The number of aryl methyl sites for hydroxylation is 1. The van der Waals surface area contributed by atoms with Gasteiger partial charge in [0.1, 0.15) is 0 Å². The summed E-state index contributed by atoms with van der Waals surface area (Å²) in [5.41, 5.74) is 7.98. The van der Waals surface area contributed by atoms with E-state index in [0.717, 1.165) is 18.4 Å². The average molecular weight is 221 g/mol. The Balaban J connectivity index is 2.96. The molecule has 0 bridgehead atoms. The lowest BCUT2D eigenvalue weighted by atomic mass is 10.0. The van der Waals surface area contributed by atoms with Gasteiger partial charge in [-0.2, -0.15) is 0 Å². The van der Waals surface area contributed by atoms with Crippen molar-refractivity contribution in [3.63, 3.8) is 0 Å². The number of anilines is 1. The van der Waals surface area contributed by atoms with Crippen LogP contribution in [0.25, 0.3) is 0 Å². The lowest BCUT2D eigenvalue weighted by Crippen LogP contribution is -2.14. The molecule has 0 atom stereocenters. The van der Waals surface area contributed by atoms with Gasteiger partial charge in [0.05, 0.1) is 11.7 Å². The standard InChI is InChI=1S/C13H19NO2/c1-4-6-10-7-5-8-11(12(10)14)13(15)16-9(2)3/h5,7-9H,4,6,14H2,1-3H3. The fourth-order valence-corrected chi connectivity index (χ4v) is 1.56. The number of carbonyl (C=O) groups excluding carboxylic acids is 1. The highest BCUT2D eigenvalue weighted by atomic mass is 16.5. The van der Waals surface area contributed by atoms with Crippen molar-refractivity contribution in [2.45, 2.75) is 39.7 Å². The highest BCUT2D eigenvalue weighted by molar-refractivity contribution is 5.95. The van der Waals surface area contributed by atoms with Gasteiger partial charge in [0.25, 0.3) is 0 Å². The zero-order valence-corrected chi connectivity index (χ0v) is 10.1. The van der Waals surface area contributed by atoms with Crippen molar-refractivity contribution in [3.8, 4) is 0 Å². The van der Waals surface area contributed by atoms with Gasteiger partial charge in [0, 0.05) is 5.69 Å². The summed E-state index contributed by atoms with van der Waals surface area (Å²) in [6.07, 6.45) is 1.77. The molecule has 0 aromatic heterocycles. The van der Waals surface area contributed by atoms with E-state index < -0.39 is 0 Å². The zero-order valence-electron chi connectivity index (χ0n) is 10.1. The number of ether oxygens (including phenoxy) is 1. The van der Waals surface area contributed by atoms with Crippen LogP contribution in [0, 0.1) is 0 Å². The van der Waals surface area contributed by atoms with E-state index in [1.165, 1.54) is 0 Å². The Hall–Kier alpha value is -1.51. The maximum absolute atomic E-state index is 11.7. The molecule has 0 saturated carbocycles. The lowest BCUT2D eigenvalue weighted by molar-refractivity contribution is 0.0379. The Labute approximate surface area is 96.6 Å². The summed E-state index contributed by atoms with van der Waals surface area (Å²) in [6, 6.07) is 5.50. The summed E-state index contributed by atoms with van der Waals surface area (Å²) >= 11 is 0. The van der Waals surface area contributed by atoms with Crippen LogP contribution in [0.15, 0.2) is 18.2 Å². The number of nitrogen functional groups attached to an aromatic ring is 1. The first-order chi connectivity index (χ1) is 7.56. The van der Waals surface area contributed by atoms with Crippen LogP contribution < -0.4 is 5.73 Å². The van der Waals surface area contributed by atoms with Crippen LogP contribution in [-0.2, 0) is 11.2 Å². The minimum atomic E-state index is -0.342. The van der Waals surface area contributed by atoms with Gasteiger partial charge >= 0.3 is 5.97 Å². The Bertz CT molecular complexity index is 372. The number of esters is 1. The van der Waals surface area contributed by atoms with Crippen LogP contribution in [0.3, 0.4) is 0 Å². The van der Waals surface area contributed by atoms with Crippen molar-refractivity contribution >= 4 is 11.7 Å². The molecule has 1 aromatic carbocycles. The van der Waals surface area contributed by atoms with Gasteiger partial charge in [-0.15, -0.1) is 0 Å². The summed E-state index contributed by atoms with van der Waals surface area (Å²) in [5, 5.41) is 0. The van der Waals surface area contributed by atoms with Crippen LogP contribution in [-0.4, -0.2) is 12.1 Å². The fraction of sp³-hybridized carbons (Fsp3) is 0.462. The summed E-state index contributed by atoms with van der Waals surface area (Å²) in [7, 11) is 0. The molecule has 1 rings (SSSR count). The van der Waals surface area contributed by atoms with Gasteiger partial charge in [-0.05, 0) is 31.9 Å². The van der Waals surface area contributed by atoms with E-state index in [1.54, 1.807) is 6.07 Å². The van der Waals surface area contributed by atoms with Gasteiger partial charge in [-0.3, -0.25) is 0 Å². The van der Waals surface area contributed by atoms with Gasteiger partial charge < -0.3 is 10.5 Å². The van der Waals surface area contributed by atoms with Crippen LogP contribution in [0.2, 0.25) is 0 Å². The van der Waals surface area contributed by atoms with Crippen molar-refractivity contribution in [2.75, 3.05) is 5.73 Å². The van der Waals surface area contributed by atoms with E-state index in [2.05, 4.69) is 6.92 Å². The molecular formula is C13H19NO2. The molecule has 0 fully saturated rings. The lowest BCUT2D eigenvalue weighted by Gasteiger charge is -2.12. The highest BCUT2D eigenvalue weighted by Gasteiger charge is 2.14. The maximum Gasteiger partial charge on any atom is 0.340 e. The molecular weight excluding hydrogens is 202 g/mol. The normalized spacial score (nSPS) is 10.5. The van der Waals surface area contributed by atoms with Gasteiger partial charge in [-0.1, -0.05) is 25.5 Å². The number of rotatable bonds is 4. The minimum absolute atomic E-state index is 0.123. The first-order valence-corrected chi connectivity index (χ1v) is 5.64. The third kappa shape index (κ3) is 2.99. The molecule has 0 saturated heterocycles. The smallest absolute Gasteiger partial charge is 0.340 e. The van der Waals surface area contributed by atoms with Crippen molar-refractivity contribution in [3.05, 3.63) is 29.3 Å². The molecule has 16 heavy (non-hydrogen) atoms. The quantitative estimate of drug-likeness (QED) is 0.628. The molecule has 0 aliphatic rings. The Morgan fingerprint density at radius 3 is 2.69 bits per heavy atom. The predicted molar refractivity (Wildman–Crippen MR) is 65.4 cm³/mol. The summed E-state index contributed by atoms with van der Waals surface area (Å²) in [4.78, 5) is 11.7. The van der Waals surface area contributed by atoms with Crippen molar-refractivity contribution < 1.29 is 9.53 Å². The Kier molecular flexibility index (Phi) is 4.35. The molecule has 0 aliphatic carbocycles. The second-order valence-electron chi connectivity index (χ2n) is 4.08. The molecule has 3 nitrogen and oxygen atoms in total. The first-order valence-electron chi connectivity index (χ1n) is 5.64. The Morgan fingerprint density at radius 1 is 1.44 bits per heavy atom. The topological polar surface area (TPSA) is 52.3 Å². The number of para-hydroxylation sites is 1. The predicted octanol–water partition coefficient (Wildman–Crippen LogP) is 2.79. The van der Waals surface area contributed by atoms with Crippen molar-refractivity contribution in [1.82, 2.24) is 0 Å². The molecule has 0 unspecified atom stereocenters. The van der Waals surface area contributed by atoms with Crippen LogP contribution in [0.1, 0.15) is 43.1 Å². The van der Waals surface area contributed by atoms with Crippen molar-refractivity contribution in [1.29, 1.82) is 0 Å². The van der Waals surface area contributed by atoms with Gasteiger partial charge in [0.15, 0.2) is 0 Å². The molecule has 88 valence electrons. The third-order valence-corrected chi connectivity index (χ3v) is 2.28. The summed E-state index contributed by atoms with van der Waals surface area (Å²) in [5.74, 6) is -0.342. The van der Waals surface area contributed by atoms with Gasteiger partial charge in [-0.25, -0.2) is 4.79 Å². The highest BCUT2D eigenvalue weighted by Crippen LogP contribution is 2.20. The SMILES string of the molecule is CCCc1cccc(C(=O)OC(C)C)c1N. The molecule has 0 amide bonds. The molecule has 3 heteroatoms. The largest absolute Gasteiger partial charge is 0.459 e. The third-order valence-electron chi connectivity index (χ3n) is 2.28. The molecule has 2 N–H and O–H groups in total. The number of hydrogen-bond acceptors (Lipinski definition) is 3. The molecule has 0 aliphatic heterocycles. The van der Waals surface area contributed by atoms with Gasteiger partial charge in [0.2, 0.25) is 0 Å². The number of carbonyl (C=O) groups is 1. The summed E-state index contributed by atoms with van der Waals surface area (Å²) < 4.78 is 5.13. The zero-order chi connectivity index (χ0) is 12.1. The second kappa shape index (κ2) is 5.54. The van der Waals surface area contributed by atoms with E-state index in [4.69, 9.17) is 10.5 Å². The van der Waals surface area contributed by atoms with E-state index in [-0.39, 0.29) is 12.1 Å². The van der Waals surface area contributed by atoms with Crippen LogP contribution in [0.4, 0.5) is 5.69 Å². The second-order valence-corrected chi connectivity index (χ2v) is 4.08. The Morgan fingerprint density at radius 2 is 2.12 bits per heavy atom. The molecule has 0 spiro atoms. The summed E-state index contributed by atoms with van der Waals surface area (Å²) in [6.45, 7) is 5.73. The maximum atomic E-state index is 11.7. The van der Waals surface area contributed by atoms with E-state index in [9.17, 15) is 4.79 Å².